The molecule has 0 saturated heterocycles. The molecule has 3 heterocycles. The van der Waals surface area contributed by atoms with Gasteiger partial charge in [-0.3, -0.25) is 0 Å². The minimum absolute atomic E-state index is 0.614. The Labute approximate surface area is 145 Å². The monoisotopic (exact) mass is 335 g/mol. The Balaban J connectivity index is 1.95. The lowest BCUT2D eigenvalue weighted by atomic mass is 10.2. The number of rotatable bonds is 5. The molecule has 3 aromatic heterocycles. The molecule has 0 radical (unpaired) electrons. The number of nitrogens with zero attached hydrogens (tertiary/aromatic N) is 5. The molecule has 0 spiro atoms. The van der Waals surface area contributed by atoms with Crippen LogP contribution in [0.1, 0.15) is 5.01 Å². The Morgan fingerprint density at radius 2 is 1.83 bits per heavy atom. The van der Waals surface area contributed by atoms with Gasteiger partial charge in [0.05, 0.1) is 10.6 Å². The van der Waals surface area contributed by atoms with Gasteiger partial charge in [-0.15, -0.1) is 11.3 Å². The van der Waals surface area contributed by atoms with Crippen LogP contribution in [-0.4, -0.2) is 38.9 Å². The first-order valence-electron chi connectivity index (χ1n) is 7.39. The van der Waals surface area contributed by atoms with Crippen molar-refractivity contribution in [3.05, 3.63) is 66.7 Å². The molecule has 0 fully saturated rings. The predicted molar refractivity (Wildman–Crippen MR) is 98.2 cm³/mol. The summed E-state index contributed by atoms with van der Waals surface area (Å²) >= 11 is 1.58. The Kier molecular flexibility index (Phi) is 4.77. The van der Waals surface area contributed by atoms with Crippen molar-refractivity contribution in [2.75, 3.05) is 14.1 Å². The quantitative estimate of drug-likeness (QED) is 0.665. The molecule has 6 heteroatoms. The van der Waals surface area contributed by atoms with Gasteiger partial charge in [0.15, 0.2) is 5.82 Å². The van der Waals surface area contributed by atoms with E-state index in [4.69, 9.17) is 0 Å². The zero-order valence-corrected chi connectivity index (χ0v) is 14.4. The third kappa shape index (κ3) is 3.55. The van der Waals surface area contributed by atoms with E-state index in [-0.39, 0.29) is 0 Å². The fourth-order valence-corrected chi connectivity index (χ4v) is 3.02. The number of thiazole rings is 1. The highest BCUT2D eigenvalue weighted by molar-refractivity contribution is 7.16. The number of hydrogen-bond acceptors (Lipinski definition) is 6. The highest BCUT2D eigenvalue weighted by Gasteiger charge is 2.10. The molecule has 0 N–H and O–H groups in total. The average Bonchev–Trinajstić information content (AvgIpc) is 3.10. The summed E-state index contributed by atoms with van der Waals surface area (Å²) in [7, 11) is 3.95. The molecule has 0 unspecified atom stereocenters. The standard InChI is InChI=1S/C18H17N5S/c1-4-13(12-23(2)3)18-21-11-16(24-18)14-7-5-8-15(22-14)17-19-9-6-10-20-17/h4-12H,1H2,2-3H3/b13-12+. The van der Waals surface area contributed by atoms with Crippen LogP contribution in [0.4, 0.5) is 0 Å². The van der Waals surface area contributed by atoms with E-state index in [0.29, 0.717) is 5.82 Å². The van der Waals surface area contributed by atoms with E-state index in [1.54, 1.807) is 29.8 Å². The van der Waals surface area contributed by atoms with Crippen molar-refractivity contribution >= 4 is 16.9 Å². The SMILES string of the molecule is C=C/C(=C\N(C)C)c1ncc(-c2cccc(-c3ncccn3)n2)s1. The molecular formula is C18H17N5S. The van der Waals surface area contributed by atoms with Crippen molar-refractivity contribution in [1.29, 1.82) is 0 Å². The van der Waals surface area contributed by atoms with E-state index in [1.165, 1.54) is 0 Å². The molecule has 5 nitrogen and oxygen atoms in total. The summed E-state index contributed by atoms with van der Waals surface area (Å²) in [6, 6.07) is 7.61. The topological polar surface area (TPSA) is 54.8 Å². The van der Waals surface area contributed by atoms with Gasteiger partial charge in [0.2, 0.25) is 0 Å². The van der Waals surface area contributed by atoms with Crippen molar-refractivity contribution in [1.82, 2.24) is 24.8 Å². The molecule has 0 aliphatic carbocycles. The van der Waals surface area contributed by atoms with Gasteiger partial charge in [0.25, 0.3) is 0 Å². The van der Waals surface area contributed by atoms with Crippen LogP contribution in [0.3, 0.4) is 0 Å². The van der Waals surface area contributed by atoms with Gasteiger partial charge in [0.1, 0.15) is 10.7 Å². The molecule has 0 aromatic carbocycles. The third-order valence-corrected chi connectivity index (χ3v) is 4.24. The lowest BCUT2D eigenvalue weighted by molar-refractivity contribution is 0.566. The second kappa shape index (κ2) is 7.14. The summed E-state index contributed by atoms with van der Waals surface area (Å²) < 4.78 is 0. The van der Waals surface area contributed by atoms with Crippen LogP contribution in [0.5, 0.6) is 0 Å². The largest absolute Gasteiger partial charge is 0.383 e. The first kappa shape index (κ1) is 16.0. The van der Waals surface area contributed by atoms with Gasteiger partial charge in [0, 0.05) is 44.5 Å². The second-order valence-electron chi connectivity index (χ2n) is 5.26. The smallest absolute Gasteiger partial charge is 0.178 e. The van der Waals surface area contributed by atoms with Crippen LogP contribution in [-0.2, 0) is 0 Å². The first-order valence-corrected chi connectivity index (χ1v) is 8.20. The number of pyridine rings is 1. The summed E-state index contributed by atoms with van der Waals surface area (Å²) in [5, 5.41) is 0.914. The lowest BCUT2D eigenvalue weighted by Crippen LogP contribution is -2.01. The predicted octanol–water partition coefficient (Wildman–Crippen LogP) is 3.75. The highest BCUT2D eigenvalue weighted by Crippen LogP contribution is 2.30. The zero-order chi connectivity index (χ0) is 16.9. The van der Waals surface area contributed by atoms with Gasteiger partial charge >= 0.3 is 0 Å². The minimum atomic E-state index is 0.614. The van der Waals surface area contributed by atoms with Crippen LogP contribution in [0.15, 0.2) is 61.7 Å². The molecule has 0 aliphatic rings. The molecular weight excluding hydrogens is 318 g/mol. The maximum atomic E-state index is 4.66. The first-order chi connectivity index (χ1) is 11.7. The van der Waals surface area contributed by atoms with E-state index in [0.717, 1.165) is 26.8 Å². The maximum Gasteiger partial charge on any atom is 0.178 e. The Morgan fingerprint density at radius 1 is 1.08 bits per heavy atom. The van der Waals surface area contributed by atoms with E-state index in [2.05, 4.69) is 26.5 Å². The molecule has 0 aliphatic heterocycles. The summed E-state index contributed by atoms with van der Waals surface area (Å²) in [5.41, 5.74) is 2.59. The molecule has 0 amide bonds. The van der Waals surface area contributed by atoms with Crippen LogP contribution in [0.25, 0.3) is 27.7 Å². The van der Waals surface area contributed by atoms with Gasteiger partial charge in [-0.1, -0.05) is 18.7 Å². The van der Waals surface area contributed by atoms with Crippen molar-refractivity contribution in [3.63, 3.8) is 0 Å². The molecule has 0 saturated carbocycles. The van der Waals surface area contributed by atoms with E-state index in [1.807, 2.05) is 55.7 Å². The summed E-state index contributed by atoms with van der Waals surface area (Å²) in [6.07, 6.45) is 9.07. The number of hydrogen-bond donors (Lipinski definition) is 0. The third-order valence-electron chi connectivity index (χ3n) is 3.17. The maximum absolute atomic E-state index is 4.66. The number of allylic oxidation sites excluding steroid dienone is 2. The van der Waals surface area contributed by atoms with Gasteiger partial charge < -0.3 is 4.90 Å². The fraction of sp³-hybridized carbons (Fsp3) is 0.111. The van der Waals surface area contributed by atoms with E-state index in [9.17, 15) is 0 Å². The molecule has 3 aromatic rings. The minimum Gasteiger partial charge on any atom is -0.383 e. The Morgan fingerprint density at radius 3 is 2.54 bits per heavy atom. The molecule has 3 rings (SSSR count). The van der Waals surface area contributed by atoms with E-state index >= 15 is 0 Å². The van der Waals surface area contributed by atoms with Gasteiger partial charge in [-0.2, -0.15) is 0 Å². The molecule has 24 heavy (non-hydrogen) atoms. The highest BCUT2D eigenvalue weighted by atomic mass is 32.1. The van der Waals surface area contributed by atoms with Crippen molar-refractivity contribution in [2.24, 2.45) is 0 Å². The average molecular weight is 335 g/mol. The normalized spacial score (nSPS) is 11.3. The summed E-state index contributed by atoms with van der Waals surface area (Å²) in [6.45, 7) is 3.87. The van der Waals surface area contributed by atoms with Crippen LogP contribution < -0.4 is 0 Å². The zero-order valence-electron chi connectivity index (χ0n) is 13.5. The molecule has 0 atom stereocenters. The van der Waals surface area contributed by atoms with Crippen LogP contribution in [0, 0.1) is 0 Å². The van der Waals surface area contributed by atoms with Crippen molar-refractivity contribution in [2.45, 2.75) is 0 Å². The van der Waals surface area contributed by atoms with Crippen molar-refractivity contribution < 1.29 is 0 Å². The van der Waals surface area contributed by atoms with E-state index < -0.39 is 0 Å². The summed E-state index contributed by atoms with van der Waals surface area (Å²) in [4.78, 5) is 20.6. The van der Waals surface area contributed by atoms with Gasteiger partial charge in [-0.05, 0) is 18.2 Å². The Hall–Kier alpha value is -2.86. The van der Waals surface area contributed by atoms with Crippen LogP contribution in [0.2, 0.25) is 0 Å². The van der Waals surface area contributed by atoms with Gasteiger partial charge in [-0.25, -0.2) is 19.9 Å². The lowest BCUT2D eigenvalue weighted by Gasteiger charge is -2.06. The molecule has 0 bridgehead atoms. The van der Waals surface area contributed by atoms with Crippen LogP contribution >= 0.6 is 11.3 Å². The Bertz CT molecular complexity index is 868. The summed E-state index contributed by atoms with van der Waals surface area (Å²) in [5.74, 6) is 0.614. The molecule has 120 valence electrons. The fourth-order valence-electron chi connectivity index (χ4n) is 2.13. The number of aromatic nitrogens is 4. The second-order valence-corrected chi connectivity index (χ2v) is 6.29. The van der Waals surface area contributed by atoms with Crippen molar-refractivity contribution in [3.8, 4) is 22.1 Å².